The maximum absolute atomic E-state index is 11.6. The molecule has 0 radical (unpaired) electrons. The van der Waals surface area contributed by atoms with E-state index < -0.39 is 12.8 Å². The zero-order chi connectivity index (χ0) is 11.2. The summed E-state index contributed by atoms with van der Waals surface area (Å²) in [5, 5.41) is 0. The van der Waals surface area contributed by atoms with E-state index in [1.807, 2.05) is 20.8 Å². The van der Waals surface area contributed by atoms with Gasteiger partial charge in [0.2, 0.25) is 0 Å². The van der Waals surface area contributed by atoms with Crippen LogP contribution < -0.4 is 0 Å². The van der Waals surface area contributed by atoms with Gasteiger partial charge in [-0.15, -0.1) is 0 Å². The van der Waals surface area contributed by atoms with Crippen molar-refractivity contribution < 1.29 is 22.6 Å². The molecule has 0 spiro atoms. The Kier molecular flexibility index (Phi) is 5.44. The maximum Gasteiger partial charge on any atom is 0.411 e. The monoisotopic (exact) mass is 214 g/mol. The molecule has 0 amide bonds. The Morgan fingerprint density at radius 2 is 1.57 bits per heavy atom. The molecular formula is C9H17F3O2. The molecule has 0 atom stereocenters. The highest BCUT2D eigenvalue weighted by Crippen LogP contribution is 2.14. The largest absolute Gasteiger partial charge is 0.411 e. The van der Waals surface area contributed by atoms with Crippen molar-refractivity contribution in [3.05, 3.63) is 0 Å². The van der Waals surface area contributed by atoms with Crippen LogP contribution in [0, 0.1) is 0 Å². The maximum atomic E-state index is 11.6. The van der Waals surface area contributed by atoms with Gasteiger partial charge in [-0.2, -0.15) is 13.2 Å². The second-order valence-electron chi connectivity index (χ2n) is 3.98. The zero-order valence-corrected chi connectivity index (χ0v) is 8.78. The third-order valence-electron chi connectivity index (χ3n) is 1.23. The molecule has 0 aromatic rings. The molecule has 86 valence electrons. The molecule has 0 saturated carbocycles. The van der Waals surface area contributed by atoms with E-state index in [4.69, 9.17) is 4.74 Å². The summed E-state index contributed by atoms with van der Waals surface area (Å²) in [7, 11) is 0. The fraction of sp³-hybridized carbons (Fsp3) is 1.00. The standard InChI is InChI=1S/C9H17F3O2/c1-8(2,3)14-6-4-5-13-7-9(10,11)12/h4-7H2,1-3H3. The van der Waals surface area contributed by atoms with Crippen molar-refractivity contribution in [3.8, 4) is 0 Å². The number of alkyl halides is 3. The van der Waals surface area contributed by atoms with E-state index >= 15 is 0 Å². The highest BCUT2D eigenvalue weighted by atomic mass is 19.4. The highest BCUT2D eigenvalue weighted by Gasteiger charge is 2.27. The Morgan fingerprint density at radius 3 is 2.00 bits per heavy atom. The van der Waals surface area contributed by atoms with Crippen LogP contribution >= 0.6 is 0 Å². The Balaban J connectivity index is 3.23. The number of ether oxygens (including phenoxy) is 2. The molecule has 5 heteroatoms. The van der Waals surface area contributed by atoms with Gasteiger partial charge in [-0.3, -0.25) is 0 Å². The topological polar surface area (TPSA) is 18.5 Å². The lowest BCUT2D eigenvalue weighted by Gasteiger charge is -2.19. The van der Waals surface area contributed by atoms with Crippen molar-refractivity contribution in [2.24, 2.45) is 0 Å². The lowest BCUT2D eigenvalue weighted by atomic mass is 10.2. The fourth-order valence-electron chi connectivity index (χ4n) is 0.727. The molecule has 0 aliphatic rings. The predicted octanol–water partition coefficient (Wildman–Crippen LogP) is 2.77. The van der Waals surface area contributed by atoms with Crippen LogP contribution in [0.1, 0.15) is 27.2 Å². The first-order valence-corrected chi connectivity index (χ1v) is 4.49. The molecule has 0 heterocycles. The van der Waals surface area contributed by atoms with E-state index in [2.05, 4.69) is 4.74 Å². The van der Waals surface area contributed by atoms with Gasteiger partial charge in [0.05, 0.1) is 5.60 Å². The molecule has 0 aromatic carbocycles. The molecule has 14 heavy (non-hydrogen) atoms. The summed E-state index contributed by atoms with van der Waals surface area (Å²) in [5.74, 6) is 0. The van der Waals surface area contributed by atoms with Crippen LogP contribution in [0.15, 0.2) is 0 Å². The van der Waals surface area contributed by atoms with Crippen molar-refractivity contribution >= 4 is 0 Å². The Hall–Kier alpha value is -0.290. The van der Waals surface area contributed by atoms with Gasteiger partial charge in [0.1, 0.15) is 6.61 Å². The van der Waals surface area contributed by atoms with Gasteiger partial charge < -0.3 is 9.47 Å². The van der Waals surface area contributed by atoms with Crippen LogP contribution in [0.4, 0.5) is 13.2 Å². The SMILES string of the molecule is CC(C)(C)OCCCOCC(F)(F)F. The Morgan fingerprint density at radius 1 is 1.00 bits per heavy atom. The Labute approximate surface area is 82.4 Å². The minimum Gasteiger partial charge on any atom is -0.376 e. The van der Waals surface area contributed by atoms with Crippen molar-refractivity contribution in [1.82, 2.24) is 0 Å². The first kappa shape index (κ1) is 13.7. The van der Waals surface area contributed by atoms with E-state index in [1.165, 1.54) is 0 Å². The summed E-state index contributed by atoms with van der Waals surface area (Å²) >= 11 is 0. The normalized spacial score (nSPS) is 13.3. The van der Waals surface area contributed by atoms with Gasteiger partial charge in [0.25, 0.3) is 0 Å². The summed E-state index contributed by atoms with van der Waals surface area (Å²) < 4.78 is 44.5. The summed E-state index contributed by atoms with van der Waals surface area (Å²) in [6.07, 6.45) is -3.75. The van der Waals surface area contributed by atoms with Crippen molar-refractivity contribution in [1.29, 1.82) is 0 Å². The summed E-state index contributed by atoms with van der Waals surface area (Å²) in [6.45, 7) is 5.00. The zero-order valence-electron chi connectivity index (χ0n) is 8.78. The second-order valence-corrected chi connectivity index (χ2v) is 3.98. The van der Waals surface area contributed by atoms with E-state index in [9.17, 15) is 13.2 Å². The molecule has 0 aliphatic carbocycles. The molecule has 0 saturated heterocycles. The Bertz CT molecular complexity index is 131. The average Bonchev–Trinajstić information content (AvgIpc) is 1.92. The van der Waals surface area contributed by atoms with E-state index in [0.717, 1.165) is 0 Å². The molecule has 0 unspecified atom stereocenters. The number of halogens is 3. The summed E-state index contributed by atoms with van der Waals surface area (Å²) in [5.41, 5.74) is -0.246. The molecule has 2 nitrogen and oxygen atoms in total. The minimum atomic E-state index is -4.23. The van der Waals surface area contributed by atoms with Crippen molar-refractivity contribution in [3.63, 3.8) is 0 Å². The van der Waals surface area contributed by atoms with Crippen molar-refractivity contribution in [2.45, 2.75) is 39.0 Å². The smallest absolute Gasteiger partial charge is 0.376 e. The van der Waals surface area contributed by atoms with Gasteiger partial charge in [0.15, 0.2) is 0 Å². The van der Waals surface area contributed by atoms with E-state index in [1.54, 1.807) is 0 Å². The fourth-order valence-corrected chi connectivity index (χ4v) is 0.727. The van der Waals surface area contributed by atoms with Crippen LogP contribution in [0.3, 0.4) is 0 Å². The van der Waals surface area contributed by atoms with Gasteiger partial charge in [-0.25, -0.2) is 0 Å². The highest BCUT2D eigenvalue weighted by molar-refractivity contribution is 4.58. The summed E-state index contributed by atoms with van der Waals surface area (Å²) in [6, 6.07) is 0. The van der Waals surface area contributed by atoms with Crippen LogP contribution in [-0.2, 0) is 9.47 Å². The van der Waals surface area contributed by atoms with Gasteiger partial charge in [0, 0.05) is 13.2 Å². The number of rotatable bonds is 5. The van der Waals surface area contributed by atoms with Crippen LogP contribution in [0.5, 0.6) is 0 Å². The molecule has 0 aliphatic heterocycles. The molecule has 0 aromatic heterocycles. The minimum absolute atomic E-state index is 0.0790. The van der Waals surface area contributed by atoms with E-state index in [0.29, 0.717) is 13.0 Å². The first-order chi connectivity index (χ1) is 6.21. The van der Waals surface area contributed by atoms with Crippen LogP contribution in [0.25, 0.3) is 0 Å². The van der Waals surface area contributed by atoms with Crippen LogP contribution in [-0.4, -0.2) is 31.6 Å². The lowest BCUT2D eigenvalue weighted by Crippen LogP contribution is -2.21. The third-order valence-corrected chi connectivity index (χ3v) is 1.23. The van der Waals surface area contributed by atoms with Crippen molar-refractivity contribution in [2.75, 3.05) is 19.8 Å². The average molecular weight is 214 g/mol. The second kappa shape index (κ2) is 5.56. The molecule has 0 bridgehead atoms. The van der Waals surface area contributed by atoms with E-state index in [-0.39, 0.29) is 12.2 Å². The summed E-state index contributed by atoms with van der Waals surface area (Å²) in [4.78, 5) is 0. The number of hydrogen-bond acceptors (Lipinski definition) is 2. The molecule has 0 rings (SSSR count). The lowest BCUT2D eigenvalue weighted by molar-refractivity contribution is -0.175. The third kappa shape index (κ3) is 11.7. The molecular weight excluding hydrogens is 197 g/mol. The number of hydrogen-bond donors (Lipinski definition) is 0. The van der Waals surface area contributed by atoms with Gasteiger partial charge >= 0.3 is 6.18 Å². The van der Waals surface area contributed by atoms with Gasteiger partial charge in [-0.1, -0.05) is 0 Å². The first-order valence-electron chi connectivity index (χ1n) is 4.49. The predicted molar refractivity (Wildman–Crippen MR) is 47.2 cm³/mol. The quantitative estimate of drug-likeness (QED) is 0.655. The molecule has 0 fully saturated rings. The molecule has 0 N–H and O–H groups in total. The van der Waals surface area contributed by atoms with Gasteiger partial charge in [-0.05, 0) is 27.2 Å². The van der Waals surface area contributed by atoms with Crippen LogP contribution in [0.2, 0.25) is 0 Å².